The van der Waals surface area contributed by atoms with Crippen LogP contribution in [0, 0.1) is 15.7 Å². The Bertz CT molecular complexity index is 933. The highest BCUT2D eigenvalue weighted by Crippen LogP contribution is 2.57. The lowest BCUT2D eigenvalue weighted by atomic mass is 9.84. The van der Waals surface area contributed by atoms with Gasteiger partial charge in [-0.1, -0.05) is 85.8 Å². The van der Waals surface area contributed by atoms with E-state index in [-0.39, 0.29) is 5.41 Å². The molecule has 33 heavy (non-hydrogen) atoms. The number of benzene rings is 3. The minimum absolute atomic E-state index is 0.141. The van der Waals surface area contributed by atoms with Gasteiger partial charge in [0.1, 0.15) is 23.2 Å². The average Bonchev–Trinajstić information content (AvgIpc) is 2.81. The molecule has 6 heteroatoms. The van der Waals surface area contributed by atoms with Gasteiger partial charge in [-0.3, -0.25) is 0 Å². The van der Waals surface area contributed by atoms with Crippen LogP contribution in [0.4, 0.5) is 0 Å². The minimum Gasteiger partial charge on any atom is -0.183 e. The summed E-state index contributed by atoms with van der Waals surface area (Å²) in [6.07, 6.45) is 12.8. The van der Waals surface area contributed by atoms with Gasteiger partial charge in [0.25, 0.3) is 0 Å². The summed E-state index contributed by atoms with van der Waals surface area (Å²) in [7, 11) is -6.42. The average molecular weight is 484 g/mol. The maximum atomic E-state index is 8.60. The molecule has 4 rings (SSSR count). The molecule has 4 nitrogen and oxygen atoms in total. The Hall–Kier alpha value is -2.30. The molecule has 0 saturated heterocycles. The van der Waals surface area contributed by atoms with Gasteiger partial charge in [0.15, 0.2) is 0 Å². The van der Waals surface area contributed by atoms with Gasteiger partial charge in [-0.05, 0) is 49.2 Å². The van der Waals surface area contributed by atoms with E-state index in [2.05, 4.69) is 122 Å². The first-order valence-electron chi connectivity index (χ1n) is 10.8. The Balaban J connectivity index is 0.000000555. The molecule has 0 atom stereocenters. The van der Waals surface area contributed by atoms with E-state index in [1.165, 1.54) is 15.9 Å². The maximum absolute atomic E-state index is 8.60. The highest BCUT2D eigenvalue weighted by Gasteiger charge is 2.45. The molecule has 0 aliphatic heterocycles. The number of allylic oxidation sites excluding steroid dienone is 4. The number of halogens is 1. The number of hydrogen-bond acceptors (Lipinski definition) is 4. The zero-order valence-corrected chi connectivity index (χ0v) is 20.2. The topological polar surface area (TPSA) is 89.4 Å². The Morgan fingerprint density at radius 1 is 0.727 bits per heavy atom. The van der Waals surface area contributed by atoms with Crippen molar-refractivity contribution in [1.29, 1.82) is 0 Å². The lowest BCUT2D eigenvalue weighted by molar-refractivity contribution is -1.92. The molecule has 1 N–H and O–H groups in total. The van der Waals surface area contributed by atoms with Gasteiger partial charge in [0, 0.05) is 5.41 Å². The molecule has 0 unspecified atom stereocenters. The zero-order valence-electron chi connectivity index (χ0n) is 18.6. The van der Waals surface area contributed by atoms with Crippen LogP contribution < -0.4 is 29.9 Å². The molecular formula is C27H29ClO4P+. The molecule has 1 aliphatic rings. The summed E-state index contributed by atoms with van der Waals surface area (Å²) in [4.78, 5) is 0. The summed E-state index contributed by atoms with van der Waals surface area (Å²) in [5, 5.41) is 4.42. The smallest absolute Gasteiger partial charge is 0.112 e. The van der Waals surface area contributed by atoms with Crippen LogP contribution in [0.2, 0.25) is 0 Å². The third-order valence-corrected chi connectivity index (χ3v) is 10.3. The molecule has 0 fully saturated rings. The van der Waals surface area contributed by atoms with E-state index in [4.69, 9.17) is 18.6 Å². The molecule has 0 amide bonds. The van der Waals surface area contributed by atoms with Crippen molar-refractivity contribution in [2.24, 2.45) is 5.41 Å². The van der Waals surface area contributed by atoms with Gasteiger partial charge < -0.3 is 0 Å². The Kier molecular flexibility index (Phi) is 8.61. The Labute approximate surface area is 198 Å². The fourth-order valence-electron chi connectivity index (χ4n) is 4.27. The van der Waals surface area contributed by atoms with Gasteiger partial charge in [0.2, 0.25) is 0 Å². The molecule has 0 bridgehead atoms. The first-order valence-corrected chi connectivity index (χ1v) is 14.0. The summed E-state index contributed by atoms with van der Waals surface area (Å²) < 4.78 is 32.7. The van der Waals surface area contributed by atoms with E-state index in [1.807, 2.05) is 0 Å². The molecule has 0 aromatic heterocycles. The second-order valence-corrected chi connectivity index (χ2v) is 12.6. The first kappa shape index (κ1) is 25.3. The fourth-order valence-corrected chi connectivity index (χ4v) is 8.80. The van der Waals surface area contributed by atoms with Crippen molar-refractivity contribution >= 4 is 23.2 Å². The monoisotopic (exact) mass is 483 g/mol. The Morgan fingerprint density at radius 2 is 1.06 bits per heavy atom. The van der Waals surface area contributed by atoms with Gasteiger partial charge in [0.05, 0.1) is 21.1 Å². The van der Waals surface area contributed by atoms with E-state index in [9.17, 15) is 0 Å². The van der Waals surface area contributed by atoms with Gasteiger partial charge >= 0.3 is 0 Å². The van der Waals surface area contributed by atoms with Crippen LogP contribution in [0.5, 0.6) is 0 Å². The minimum atomic E-state index is -4.69. The quantitative estimate of drug-likeness (QED) is 0.427. The molecule has 1 aliphatic carbocycles. The van der Waals surface area contributed by atoms with Crippen LogP contribution in [0.1, 0.15) is 19.8 Å². The lowest BCUT2D eigenvalue weighted by Gasteiger charge is -2.32. The van der Waals surface area contributed by atoms with Crippen LogP contribution in [-0.4, -0.2) is 10.8 Å². The summed E-state index contributed by atoms with van der Waals surface area (Å²) in [5.74, 6) is 0. The van der Waals surface area contributed by atoms with E-state index < -0.39 is 17.5 Å². The van der Waals surface area contributed by atoms with E-state index in [0.29, 0.717) is 0 Å². The SMILES string of the molecule is CC1(CC[P+](c2ccccc2)(c2ccccc2)c2ccccc2)C=CCC=C1.[O-][Cl+3]([O-])([O-])O. The maximum Gasteiger partial charge on any atom is 0.112 e. The third kappa shape index (κ3) is 7.09. The van der Waals surface area contributed by atoms with Crippen molar-refractivity contribution in [1.82, 2.24) is 0 Å². The van der Waals surface area contributed by atoms with Gasteiger partial charge in [-0.25, -0.2) is 0 Å². The first-order chi connectivity index (χ1) is 15.7. The third-order valence-electron chi connectivity index (χ3n) is 5.85. The standard InChI is InChI=1S/C27H28P.ClHO4/c1-27(20-12-5-13-21-27)22-23-28(24-14-6-2-7-15-24,25-16-8-3-9-17-25)26-18-10-4-11-19-26;2-1(3,4)5/h2-4,6-21H,5,22-23H2,1H3;(H,2,3,4,5)/q+1;. The van der Waals surface area contributed by atoms with Crippen molar-refractivity contribution in [3.63, 3.8) is 0 Å². The molecular weight excluding hydrogens is 455 g/mol. The second-order valence-electron chi connectivity index (χ2n) is 8.23. The molecule has 172 valence electrons. The van der Waals surface area contributed by atoms with Crippen LogP contribution in [0.3, 0.4) is 0 Å². The number of rotatable bonds is 6. The fraction of sp³-hybridized carbons (Fsp3) is 0.185. The molecule has 0 heterocycles. The zero-order chi connectivity index (χ0) is 23.8. The van der Waals surface area contributed by atoms with Crippen molar-refractivity contribution in [3.8, 4) is 0 Å². The summed E-state index contributed by atoms with van der Waals surface area (Å²) in [6, 6.07) is 33.6. The molecule has 3 aromatic rings. The van der Waals surface area contributed by atoms with Crippen LogP contribution in [-0.2, 0) is 0 Å². The molecule has 0 saturated carbocycles. The van der Waals surface area contributed by atoms with Crippen molar-refractivity contribution in [3.05, 3.63) is 115 Å². The Morgan fingerprint density at radius 3 is 1.39 bits per heavy atom. The summed E-state index contributed by atoms with van der Waals surface area (Å²) in [6.45, 7) is 2.37. The van der Waals surface area contributed by atoms with Crippen molar-refractivity contribution in [2.45, 2.75) is 19.8 Å². The predicted molar refractivity (Wildman–Crippen MR) is 128 cm³/mol. The van der Waals surface area contributed by atoms with Crippen molar-refractivity contribution < 1.29 is 28.9 Å². The van der Waals surface area contributed by atoms with E-state index in [0.717, 1.165) is 19.0 Å². The normalized spacial score (nSPS) is 14.9. The highest BCUT2D eigenvalue weighted by atomic mass is 35.7. The van der Waals surface area contributed by atoms with Gasteiger partial charge in [-0.2, -0.15) is 14.0 Å². The molecule has 0 radical (unpaired) electrons. The van der Waals surface area contributed by atoms with E-state index in [1.54, 1.807) is 0 Å². The molecule has 0 spiro atoms. The summed E-state index contributed by atoms with van der Waals surface area (Å²) in [5.41, 5.74) is 0.141. The van der Waals surface area contributed by atoms with Crippen LogP contribution >= 0.6 is 7.26 Å². The van der Waals surface area contributed by atoms with Crippen molar-refractivity contribution in [2.75, 3.05) is 6.16 Å². The number of hydrogen-bond donors (Lipinski definition) is 1. The highest BCUT2D eigenvalue weighted by molar-refractivity contribution is 7.95. The summed E-state index contributed by atoms with van der Waals surface area (Å²) >= 11 is 0. The van der Waals surface area contributed by atoms with E-state index >= 15 is 0 Å². The van der Waals surface area contributed by atoms with Crippen LogP contribution in [0.25, 0.3) is 0 Å². The lowest BCUT2D eigenvalue weighted by Crippen LogP contribution is -2.58. The van der Waals surface area contributed by atoms with Gasteiger partial charge in [-0.15, -0.1) is 0 Å². The predicted octanol–water partition coefficient (Wildman–Crippen LogP) is 1.77. The second kappa shape index (κ2) is 11.2. The molecule has 3 aromatic carbocycles. The van der Waals surface area contributed by atoms with Crippen LogP contribution in [0.15, 0.2) is 115 Å². The largest absolute Gasteiger partial charge is 0.183 e.